The summed E-state index contributed by atoms with van der Waals surface area (Å²) in [5.74, 6) is 7.68. The van der Waals surface area contributed by atoms with Gasteiger partial charge in [-0.1, -0.05) is 61.1 Å². The maximum atomic E-state index is 11.4. The van der Waals surface area contributed by atoms with Crippen molar-refractivity contribution in [1.29, 1.82) is 0 Å². The van der Waals surface area contributed by atoms with Gasteiger partial charge in [-0.2, -0.15) is 0 Å². The van der Waals surface area contributed by atoms with Crippen LogP contribution in [-0.2, 0) is 4.79 Å². The van der Waals surface area contributed by atoms with Crippen LogP contribution in [0.4, 0.5) is 0 Å². The fourth-order valence-corrected chi connectivity index (χ4v) is 2.59. The third kappa shape index (κ3) is 13.6. The molecule has 0 aromatic rings. The first-order valence-electron chi connectivity index (χ1n) is 5.75. The Bertz CT molecular complexity index is 269. The molecule has 0 aliphatic carbocycles. The highest BCUT2D eigenvalue weighted by Crippen LogP contribution is 2.18. The fourth-order valence-electron chi connectivity index (χ4n) is 0.787. The SMILES string of the molecule is CC(C)C#CCNC(=O)CSSCNC(C)C. The van der Waals surface area contributed by atoms with Gasteiger partial charge in [0.1, 0.15) is 0 Å². The summed E-state index contributed by atoms with van der Waals surface area (Å²) in [6.07, 6.45) is 0. The van der Waals surface area contributed by atoms with Crippen molar-refractivity contribution in [3.05, 3.63) is 0 Å². The number of nitrogens with one attached hydrogen (secondary N) is 2. The van der Waals surface area contributed by atoms with Crippen LogP contribution in [0.25, 0.3) is 0 Å². The number of hydrogen-bond acceptors (Lipinski definition) is 4. The van der Waals surface area contributed by atoms with Crippen molar-refractivity contribution in [2.75, 3.05) is 18.2 Å². The van der Waals surface area contributed by atoms with Gasteiger partial charge in [0.25, 0.3) is 0 Å². The van der Waals surface area contributed by atoms with Gasteiger partial charge in [-0.15, -0.1) is 0 Å². The lowest BCUT2D eigenvalue weighted by Gasteiger charge is -2.06. The van der Waals surface area contributed by atoms with Gasteiger partial charge in [0.15, 0.2) is 0 Å². The van der Waals surface area contributed by atoms with Gasteiger partial charge in [-0.05, 0) is 0 Å². The molecule has 17 heavy (non-hydrogen) atoms. The second-order valence-corrected chi connectivity index (χ2v) is 6.60. The van der Waals surface area contributed by atoms with Crippen LogP contribution in [-0.4, -0.2) is 30.1 Å². The standard InChI is InChI=1S/C12H22N2OS2/c1-10(2)6-5-7-13-12(15)8-16-17-9-14-11(3)4/h10-11,14H,7-9H2,1-4H3,(H,13,15). The summed E-state index contributed by atoms with van der Waals surface area (Å²) in [7, 11) is 3.22. The smallest absolute Gasteiger partial charge is 0.231 e. The van der Waals surface area contributed by atoms with Crippen LogP contribution in [0, 0.1) is 17.8 Å². The molecule has 1 amide bonds. The van der Waals surface area contributed by atoms with Crippen molar-refractivity contribution in [1.82, 2.24) is 10.6 Å². The van der Waals surface area contributed by atoms with E-state index in [9.17, 15) is 4.79 Å². The molecule has 0 bridgehead atoms. The molecule has 0 aliphatic heterocycles. The van der Waals surface area contributed by atoms with Crippen molar-refractivity contribution >= 4 is 27.5 Å². The first-order valence-corrected chi connectivity index (χ1v) is 8.24. The molecular weight excluding hydrogens is 252 g/mol. The minimum atomic E-state index is 0.0464. The third-order valence-corrected chi connectivity index (χ3v) is 3.63. The Balaban J connectivity index is 3.39. The van der Waals surface area contributed by atoms with Gasteiger partial charge < -0.3 is 10.6 Å². The Hall–Kier alpha value is -0.310. The summed E-state index contributed by atoms with van der Waals surface area (Å²) >= 11 is 0. The zero-order valence-electron chi connectivity index (χ0n) is 11.0. The molecule has 3 nitrogen and oxygen atoms in total. The van der Waals surface area contributed by atoms with Gasteiger partial charge in [-0.25, -0.2) is 0 Å². The lowest BCUT2D eigenvalue weighted by atomic mass is 10.2. The maximum Gasteiger partial charge on any atom is 0.231 e. The van der Waals surface area contributed by atoms with Crippen molar-refractivity contribution < 1.29 is 4.79 Å². The van der Waals surface area contributed by atoms with Crippen LogP contribution in [0.15, 0.2) is 0 Å². The van der Waals surface area contributed by atoms with Crippen molar-refractivity contribution in [2.24, 2.45) is 5.92 Å². The van der Waals surface area contributed by atoms with Crippen LogP contribution in [0.2, 0.25) is 0 Å². The summed E-state index contributed by atoms with van der Waals surface area (Å²) in [6, 6.07) is 0.489. The second-order valence-electron chi connectivity index (χ2n) is 4.14. The molecule has 0 aromatic heterocycles. The van der Waals surface area contributed by atoms with Crippen LogP contribution in [0.5, 0.6) is 0 Å². The molecule has 0 aliphatic rings. The minimum Gasteiger partial charge on any atom is -0.344 e. The van der Waals surface area contributed by atoms with Crippen LogP contribution >= 0.6 is 21.6 Å². The van der Waals surface area contributed by atoms with Gasteiger partial charge in [0.2, 0.25) is 5.91 Å². The minimum absolute atomic E-state index is 0.0464. The predicted octanol–water partition coefficient (Wildman–Crippen LogP) is 2.10. The summed E-state index contributed by atoms with van der Waals surface area (Å²) < 4.78 is 0. The van der Waals surface area contributed by atoms with Crippen LogP contribution in [0.1, 0.15) is 27.7 Å². The lowest BCUT2D eigenvalue weighted by Crippen LogP contribution is -2.25. The summed E-state index contributed by atoms with van der Waals surface area (Å²) in [4.78, 5) is 11.4. The molecule has 0 saturated heterocycles. The van der Waals surface area contributed by atoms with Gasteiger partial charge >= 0.3 is 0 Å². The quantitative estimate of drug-likeness (QED) is 0.323. The third-order valence-electron chi connectivity index (χ3n) is 1.59. The van der Waals surface area contributed by atoms with E-state index in [1.54, 1.807) is 21.6 Å². The average Bonchev–Trinajstić information content (AvgIpc) is 2.23. The van der Waals surface area contributed by atoms with Crippen molar-refractivity contribution in [3.63, 3.8) is 0 Å². The molecule has 2 N–H and O–H groups in total. The fraction of sp³-hybridized carbons (Fsp3) is 0.750. The van der Waals surface area contributed by atoms with Crippen LogP contribution < -0.4 is 10.6 Å². The highest BCUT2D eigenvalue weighted by Gasteiger charge is 2.00. The van der Waals surface area contributed by atoms with Gasteiger partial charge in [-0.3, -0.25) is 4.79 Å². The van der Waals surface area contributed by atoms with Gasteiger partial charge in [0, 0.05) is 12.0 Å². The summed E-state index contributed by atoms with van der Waals surface area (Å²) in [6.45, 7) is 8.72. The zero-order chi connectivity index (χ0) is 13.1. The molecule has 0 unspecified atom stereocenters. The van der Waals surface area contributed by atoms with E-state index in [0.29, 0.717) is 24.3 Å². The number of carbonyl (C=O) groups is 1. The molecule has 0 spiro atoms. The molecule has 5 heteroatoms. The first kappa shape index (κ1) is 16.7. The number of carbonyl (C=O) groups excluding carboxylic acids is 1. The lowest BCUT2D eigenvalue weighted by molar-refractivity contribution is -0.118. The van der Waals surface area contributed by atoms with E-state index in [2.05, 4.69) is 36.3 Å². The molecule has 0 saturated carbocycles. The van der Waals surface area contributed by atoms with E-state index < -0.39 is 0 Å². The Morgan fingerprint density at radius 3 is 2.53 bits per heavy atom. The zero-order valence-corrected chi connectivity index (χ0v) is 12.6. The monoisotopic (exact) mass is 274 g/mol. The van der Waals surface area contributed by atoms with Crippen molar-refractivity contribution in [3.8, 4) is 11.8 Å². The van der Waals surface area contributed by atoms with E-state index >= 15 is 0 Å². The Morgan fingerprint density at radius 1 is 1.24 bits per heavy atom. The molecule has 0 atom stereocenters. The molecule has 0 rings (SSSR count). The van der Waals surface area contributed by atoms with E-state index in [1.807, 2.05) is 13.8 Å². The molecule has 0 fully saturated rings. The highest BCUT2D eigenvalue weighted by molar-refractivity contribution is 8.76. The molecule has 98 valence electrons. The summed E-state index contributed by atoms with van der Waals surface area (Å²) in [5, 5.41) is 6.04. The Labute approximate surface area is 113 Å². The Morgan fingerprint density at radius 2 is 1.94 bits per heavy atom. The highest BCUT2D eigenvalue weighted by atomic mass is 33.1. The number of rotatable bonds is 7. The van der Waals surface area contributed by atoms with Gasteiger partial charge in [0.05, 0.1) is 18.2 Å². The maximum absolute atomic E-state index is 11.4. The largest absolute Gasteiger partial charge is 0.344 e. The molecule has 0 radical (unpaired) electrons. The van der Waals surface area contributed by atoms with E-state index in [4.69, 9.17) is 0 Å². The van der Waals surface area contributed by atoms with Crippen molar-refractivity contribution in [2.45, 2.75) is 33.7 Å². The first-order chi connectivity index (χ1) is 8.02. The van der Waals surface area contributed by atoms with E-state index in [-0.39, 0.29) is 5.91 Å². The average molecular weight is 274 g/mol. The number of amides is 1. The predicted molar refractivity (Wildman–Crippen MR) is 78.8 cm³/mol. The van der Waals surface area contributed by atoms with E-state index in [1.165, 1.54) is 0 Å². The second kappa shape index (κ2) is 10.8. The van der Waals surface area contributed by atoms with Crippen LogP contribution in [0.3, 0.4) is 0 Å². The normalized spacial score (nSPS) is 10.2. The Kier molecular flexibility index (Phi) is 10.6. The molecule has 0 heterocycles. The molecular formula is C12H22N2OS2. The topological polar surface area (TPSA) is 41.1 Å². The molecule has 0 aromatic carbocycles. The summed E-state index contributed by atoms with van der Waals surface area (Å²) in [5.41, 5.74) is 0. The van der Waals surface area contributed by atoms with E-state index in [0.717, 1.165) is 5.88 Å². The number of hydrogen-bond donors (Lipinski definition) is 2.